The van der Waals surface area contributed by atoms with E-state index in [4.69, 9.17) is 16.3 Å². The number of morpholine rings is 1. The number of anilines is 2. The van der Waals surface area contributed by atoms with Crippen molar-refractivity contribution in [3.05, 3.63) is 62.5 Å². The third-order valence-corrected chi connectivity index (χ3v) is 6.25. The number of pyridine rings is 2. The Morgan fingerprint density at radius 2 is 1.97 bits per heavy atom. The Kier molecular flexibility index (Phi) is 6.49. The predicted molar refractivity (Wildman–Crippen MR) is 123 cm³/mol. The lowest BCUT2D eigenvalue weighted by Crippen LogP contribution is -2.40. The third-order valence-electron chi connectivity index (χ3n) is 5.81. The maximum absolute atomic E-state index is 13.3. The lowest BCUT2D eigenvalue weighted by atomic mass is 10.0. The van der Waals surface area contributed by atoms with Crippen LogP contribution in [0.4, 0.5) is 20.3 Å². The molecule has 1 fully saturated rings. The molecule has 1 saturated heterocycles. The molecule has 0 bridgehead atoms. The molecule has 0 spiro atoms. The number of alkyl halides is 2. The number of hydrogen-bond acceptors (Lipinski definition) is 6. The minimum atomic E-state index is -2.69. The molecule has 10 heteroatoms. The average molecular weight is 474 g/mol. The van der Waals surface area contributed by atoms with E-state index >= 15 is 0 Å². The van der Waals surface area contributed by atoms with Gasteiger partial charge in [0.25, 0.3) is 12.0 Å². The van der Waals surface area contributed by atoms with Crippen LogP contribution in [0.5, 0.6) is 0 Å². The molecule has 3 heterocycles. The smallest absolute Gasteiger partial charge is 0.274 e. The molecule has 0 saturated carbocycles. The van der Waals surface area contributed by atoms with Crippen LogP contribution in [0.1, 0.15) is 36.1 Å². The number of nitriles is 1. The van der Waals surface area contributed by atoms with Gasteiger partial charge in [0.1, 0.15) is 17.6 Å². The van der Waals surface area contributed by atoms with Gasteiger partial charge in [0.15, 0.2) is 0 Å². The van der Waals surface area contributed by atoms with Crippen LogP contribution in [0.2, 0.25) is 5.02 Å². The van der Waals surface area contributed by atoms with Gasteiger partial charge >= 0.3 is 0 Å². The highest BCUT2D eigenvalue weighted by Crippen LogP contribution is 2.35. The molecule has 33 heavy (non-hydrogen) atoms. The Balaban J connectivity index is 1.83. The van der Waals surface area contributed by atoms with Gasteiger partial charge in [-0.05, 0) is 18.6 Å². The number of fused-ring (bicyclic) bond motifs is 1. The largest absolute Gasteiger partial charge is 0.378 e. The van der Waals surface area contributed by atoms with Gasteiger partial charge < -0.3 is 19.5 Å². The SMILES string of the molecule is C[C@@H](Nc1ncc(C#N)c2c1cc(N1CCOCC1)c(=O)n2C)c1cccc(C(F)F)c1Cl. The van der Waals surface area contributed by atoms with Gasteiger partial charge in [0.2, 0.25) is 0 Å². The molecule has 0 unspecified atom stereocenters. The van der Waals surface area contributed by atoms with Crippen LogP contribution in [0.3, 0.4) is 0 Å². The van der Waals surface area contributed by atoms with Gasteiger partial charge in [-0.2, -0.15) is 5.26 Å². The first-order chi connectivity index (χ1) is 15.8. The molecule has 0 amide bonds. The number of rotatable bonds is 5. The van der Waals surface area contributed by atoms with Crippen LogP contribution in [-0.4, -0.2) is 35.9 Å². The molecule has 172 valence electrons. The first-order valence-corrected chi connectivity index (χ1v) is 10.8. The molecule has 3 aromatic rings. The number of nitrogens with one attached hydrogen (secondary N) is 1. The third kappa shape index (κ3) is 4.24. The highest BCUT2D eigenvalue weighted by Gasteiger charge is 2.22. The van der Waals surface area contributed by atoms with Crippen molar-refractivity contribution < 1.29 is 13.5 Å². The zero-order valence-electron chi connectivity index (χ0n) is 18.1. The highest BCUT2D eigenvalue weighted by atomic mass is 35.5. The maximum atomic E-state index is 13.3. The van der Waals surface area contributed by atoms with Crippen LogP contribution in [0.15, 0.2) is 35.3 Å². The van der Waals surface area contributed by atoms with Crippen molar-refractivity contribution in [2.45, 2.75) is 19.4 Å². The molecular weight excluding hydrogens is 452 g/mol. The maximum Gasteiger partial charge on any atom is 0.274 e. The van der Waals surface area contributed by atoms with Crippen LogP contribution in [0.25, 0.3) is 10.9 Å². The summed E-state index contributed by atoms with van der Waals surface area (Å²) < 4.78 is 33.4. The number of nitrogens with zero attached hydrogens (tertiary/aromatic N) is 4. The summed E-state index contributed by atoms with van der Waals surface area (Å²) in [7, 11) is 1.62. The molecule has 1 aliphatic heterocycles. The predicted octanol–water partition coefficient (Wildman–Crippen LogP) is 4.41. The van der Waals surface area contributed by atoms with Gasteiger partial charge in [-0.25, -0.2) is 13.8 Å². The van der Waals surface area contributed by atoms with E-state index in [1.807, 2.05) is 4.90 Å². The molecule has 0 radical (unpaired) electrons. The van der Waals surface area contributed by atoms with E-state index in [0.717, 1.165) is 0 Å². The van der Waals surface area contributed by atoms with E-state index in [0.29, 0.717) is 54.3 Å². The van der Waals surface area contributed by atoms with E-state index in [9.17, 15) is 18.8 Å². The summed E-state index contributed by atoms with van der Waals surface area (Å²) in [6, 6.07) is 7.85. The molecular formula is C23H22ClF2N5O2. The highest BCUT2D eigenvalue weighted by molar-refractivity contribution is 6.32. The Hall–Kier alpha value is -3.22. The van der Waals surface area contributed by atoms with Gasteiger partial charge in [-0.15, -0.1) is 0 Å². The first kappa shape index (κ1) is 23.0. The molecule has 2 aromatic heterocycles. The van der Waals surface area contributed by atoms with E-state index in [-0.39, 0.29) is 21.7 Å². The lowest BCUT2D eigenvalue weighted by Gasteiger charge is -2.29. The molecule has 1 aromatic carbocycles. The summed E-state index contributed by atoms with van der Waals surface area (Å²) >= 11 is 6.26. The summed E-state index contributed by atoms with van der Waals surface area (Å²) in [5.41, 5.74) is 1.22. The van der Waals surface area contributed by atoms with Crippen molar-refractivity contribution in [2.75, 3.05) is 36.5 Å². The zero-order chi connectivity index (χ0) is 23.7. The van der Waals surface area contributed by atoms with E-state index < -0.39 is 12.5 Å². The number of hydrogen-bond donors (Lipinski definition) is 1. The fourth-order valence-electron chi connectivity index (χ4n) is 4.07. The quantitative estimate of drug-likeness (QED) is 0.591. The molecule has 7 nitrogen and oxygen atoms in total. The van der Waals surface area contributed by atoms with Gasteiger partial charge in [0.05, 0.1) is 35.4 Å². The second kappa shape index (κ2) is 9.33. The van der Waals surface area contributed by atoms with Crippen molar-refractivity contribution in [1.29, 1.82) is 5.26 Å². The molecule has 4 rings (SSSR count). The van der Waals surface area contributed by atoms with Crippen LogP contribution in [-0.2, 0) is 11.8 Å². The number of aryl methyl sites for hydroxylation is 1. The average Bonchev–Trinajstić information content (AvgIpc) is 2.81. The Morgan fingerprint density at radius 3 is 2.64 bits per heavy atom. The van der Waals surface area contributed by atoms with Crippen molar-refractivity contribution in [3.63, 3.8) is 0 Å². The number of halogens is 3. The summed E-state index contributed by atoms with van der Waals surface area (Å²) in [6.45, 7) is 3.95. The molecule has 1 atom stereocenters. The summed E-state index contributed by atoms with van der Waals surface area (Å²) in [5.74, 6) is 0.417. The Morgan fingerprint density at radius 1 is 1.27 bits per heavy atom. The second-order valence-electron chi connectivity index (χ2n) is 7.80. The van der Waals surface area contributed by atoms with E-state index in [1.54, 1.807) is 26.1 Å². The number of ether oxygens (including phenoxy) is 1. The first-order valence-electron chi connectivity index (χ1n) is 10.4. The monoisotopic (exact) mass is 473 g/mol. The van der Waals surface area contributed by atoms with Crippen LogP contribution >= 0.6 is 11.6 Å². The Labute approximate surface area is 194 Å². The van der Waals surface area contributed by atoms with E-state index in [1.165, 1.54) is 22.9 Å². The standard InChI is InChI=1S/C23H22ClF2N5O2/c1-13(15-4-3-5-16(19(15)24)21(25)26)29-22-17-10-18(31-6-8-33-9-7-31)23(32)30(2)20(17)14(11-27)12-28-22/h3-5,10,12-13,21H,6-9H2,1-2H3,(H,28,29)/t13-/m1/s1. The van der Waals surface area contributed by atoms with Crippen LogP contribution < -0.4 is 15.8 Å². The number of benzene rings is 1. The minimum absolute atomic E-state index is 0.00754. The second-order valence-corrected chi connectivity index (χ2v) is 8.18. The fourth-order valence-corrected chi connectivity index (χ4v) is 4.44. The van der Waals surface area contributed by atoms with E-state index in [2.05, 4.69) is 16.4 Å². The van der Waals surface area contributed by atoms with Gasteiger partial charge in [-0.1, -0.05) is 29.8 Å². The Bertz CT molecular complexity index is 1300. The van der Waals surface area contributed by atoms with Crippen molar-refractivity contribution in [1.82, 2.24) is 9.55 Å². The topological polar surface area (TPSA) is 83.2 Å². The molecule has 1 N–H and O–H groups in total. The summed E-state index contributed by atoms with van der Waals surface area (Å²) in [5, 5.41) is 13.4. The van der Waals surface area contributed by atoms with Crippen molar-refractivity contribution in [3.8, 4) is 6.07 Å². The van der Waals surface area contributed by atoms with Crippen molar-refractivity contribution >= 4 is 34.0 Å². The number of aromatic nitrogens is 2. The van der Waals surface area contributed by atoms with Gasteiger partial charge in [-0.3, -0.25) is 4.79 Å². The summed E-state index contributed by atoms with van der Waals surface area (Å²) in [6.07, 6.45) is -1.30. The molecule has 0 aliphatic carbocycles. The lowest BCUT2D eigenvalue weighted by molar-refractivity contribution is 0.122. The van der Waals surface area contributed by atoms with Crippen molar-refractivity contribution in [2.24, 2.45) is 7.05 Å². The molecule has 1 aliphatic rings. The summed E-state index contributed by atoms with van der Waals surface area (Å²) in [4.78, 5) is 19.4. The normalized spacial score (nSPS) is 15.0. The van der Waals surface area contributed by atoms with Crippen LogP contribution in [0, 0.1) is 11.3 Å². The minimum Gasteiger partial charge on any atom is -0.378 e. The zero-order valence-corrected chi connectivity index (χ0v) is 18.9. The van der Waals surface area contributed by atoms with Gasteiger partial charge in [0, 0.05) is 37.3 Å². The fraction of sp³-hybridized carbons (Fsp3) is 0.348.